The number of carbonyl (C=O) groups excluding carboxylic acids is 1. The first-order chi connectivity index (χ1) is 12.0. The molecule has 8 heteroatoms. The van der Waals surface area contributed by atoms with Crippen molar-refractivity contribution in [3.05, 3.63) is 18.2 Å². The molecule has 1 aromatic rings. The number of unbranched alkanes of at least 4 members (excludes halogenated alkanes) is 1. The summed E-state index contributed by atoms with van der Waals surface area (Å²) in [7, 11) is -1.38. The maximum Gasteiger partial charge on any atom is 0.326 e. The third kappa shape index (κ3) is 5.74. The molecule has 0 saturated heterocycles. The first-order valence-corrected chi connectivity index (χ1v) is 9.63. The number of carboxylic acids is 1. The smallest absolute Gasteiger partial charge is 0.326 e. The van der Waals surface area contributed by atoms with Gasteiger partial charge in [-0.1, -0.05) is 19.8 Å². The fraction of sp³-hybridized carbons (Fsp3) is 0.529. The van der Waals surface area contributed by atoms with Crippen LogP contribution in [-0.4, -0.2) is 46.2 Å². The molecule has 1 aromatic carbocycles. The van der Waals surface area contributed by atoms with E-state index in [9.17, 15) is 13.8 Å². The van der Waals surface area contributed by atoms with Crippen LogP contribution in [0.5, 0.6) is 11.5 Å². The van der Waals surface area contributed by atoms with Crippen molar-refractivity contribution < 1.29 is 28.4 Å². The molecule has 1 amide bonds. The lowest BCUT2D eigenvalue weighted by Gasteiger charge is -2.18. The second-order valence-corrected chi connectivity index (χ2v) is 7.28. The number of carboxylic acid groups (broad SMARTS) is 1. The normalized spacial score (nSPS) is 15.2. The molecular weight excluding hydrogens is 346 g/mol. The van der Waals surface area contributed by atoms with E-state index < -0.39 is 28.7 Å². The van der Waals surface area contributed by atoms with Gasteiger partial charge in [0.15, 0.2) is 11.5 Å². The van der Waals surface area contributed by atoms with E-state index in [2.05, 4.69) is 5.32 Å². The highest BCUT2D eigenvalue weighted by Crippen LogP contribution is 2.31. The summed E-state index contributed by atoms with van der Waals surface area (Å²) in [4.78, 5) is 23.6. The van der Waals surface area contributed by atoms with Crippen molar-refractivity contribution in [3.63, 3.8) is 0 Å². The van der Waals surface area contributed by atoms with Crippen LogP contribution in [0.3, 0.4) is 0 Å². The molecule has 138 valence electrons. The second kappa shape index (κ2) is 9.41. The van der Waals surface area contributed by atoms with Crippen molar-refractivity contribution in [2.45, 2.75) is 43.5 Å². The van der Waals surface area contributed by atoms with Crippen molar-refractivity contribution in [3.8, 4) is 11.5 Å². The van der Waals surface area contributed by atoms with Crippen LogP contribution < -0.4 is 14.8 Å². The van der Waals surface area contributed by atoms with E-state index in [1.54, 1.807) is 18.2 Å². The highest BCUT2D eigenvalue weighted by Gasteiger charge is 2.20. The molecule has 0 spiro atoms. The van der Waals surface area contributed by atoms with Gasteiger partial charge in [-0.05, 0) is 18.6 Å². The van der Waals surface area contributed by atoms with Gasteiger partial charge < -0.3 is 19.9 Å². The minimum atomic E-state index is -1.38. The number of nitrogens with one attached hydrogen (secondary N) is 1. The summed E-state index contributed by atoms with van der Waals surface area (Å²) < 4.78 is 23.2. The molecule has 2 unspecified atom stereocenters. The molecule has 2 atom stereocenters. The molecule has 1 heterocycles. The van der Waals surface area contributed by atoms with Crippen molar-refractivity contribution in [1.82, 2.24) is 5.32 Å². The highest BCUT2D eigenvalue weighted by molar-refractivity contribution is 7.85. The van der Waals surface area contributed by atoms with Crippen molar-refractivity contribution in [1.29, 1.82) is 0 Å². The molecule has 0 aliphatic carbocycles. The van der Waals surface area contributed by atoms with E-state index in [4.69, 9.17) is 14.6 Å². The lowest BCUT2D eigenvalue weighted by Crippen LogP contribution is -2.41. The lowest BCUT2D eigenvalue weighted by molar-refractivity contribution is -0.142. The van der Waals surface area contributed by atoms with Crippen LogP contribution in [0, 0.1) is 0 Å². The Labute approximate surface area is 149 Å². The first-order valence-electron chi connectivity index (χ1n) is 8.31. The summed E-state index contributed by atoms with van der Waals surface area (Å²) in [5, 5.41) is 11.6. The van der Waals surface area contributed by atoms with E-state index in [0.29, 0.717) is 36.0 Å². The zero-order valence-electron chi connectivity index (χ0n) is 14.2. The van der Waals surface area contributed by atoms with E-state index in [1.807, 2.05) is 6.92 Å². The lowest BCUT2D eigenvalue weighted by atomic mass is 10.1. The van der Waals surface area contributed by atoms with Crippen LogP contribution in [0.1, 0.15) is 32.6 Å². The van der Waals surface area contributed by atoms with Crippen molar-refractivity contribution in [2.75, 3.05) is 19.0 Å². The Morgan fingerprint density at radius 1 is 1.28 bits per heavy atom. The standard InChI is InChI=1S/C17H23NO6S/c1-2-3-4-13(17(20)21)18-16(19)7-10-25(22)12-5-6-14-15(11-12)24-9-8-23-14/h5-6,11,13H,2-4,7-10H2,1H3,(H,18,19)(H,20,21). The van der Waals surface area contributed by atoms with Crippen LogP contribution in [0.2, 0.25) is 0 Å². The number of benzene rings is 1. The number of fused-ring (bicyclic) bond motifs is 1. The van der Waals surface area contributed by atoms with Crippen LogP contribution in [0.25, 0.3) is 0 Å². The van der Waals surface area contributed by atoms with Crippen molar-refractivity contribution in [2.24, 2.45) is 0 Å². The molecule has 0 bridgehead atoms. The Bertz CT molecular complexity index is 648. The zero-order valence-corrected chi connectivity index (χ0v) is 15.0. The van der Waals surface area contributed by atoms with E-state index in [0.717, 1.165) is 12.8 Å². The summed E-state index contributed by atoms with van der Waals surface area (Å²) in [6.45, 7) is 2.88. The van der Waals surface area contributed by atoms with Crippen LogP contribution >= 0.6 is 0 Å². The molecule has 25 heavy (non-hydrogen) atoms. The number of amides is 1. The van der Waals surface area contributed by atoms with Crippen molar-refractivity contribution >= 4 is 22.7 Å². The topological polar surface area (TPSA) is 102 Å². The van der Waals surface area contributed by atoms with E-state index in [1.165, 1.54) is 0 Å². The SMILES string of the molecule is CCCCC(NC(=O)CCS(=O)c1ccc2c(c1)OCCO2)C(=O)O. The Hall–Kier alpha value is -2.09. The predicted molar refractivity (Wildman–Crippen MR) is 92.4 cm³/mol. The number of ether oxygens (including phenoxy) is 2. The average molecular weight is 369 g/mol. The molecule has 0 aromatic heterocycles. The highest BCUT2D eigenvalue weighted by atomic mass is 32.2. The quantitative estimate of drug-likeness (QED) is 0.687. The molecule has 0 radical (unpaired) electrons. The summed E-state index contributed by atoms with van der Waals surface area (Å²) in [5.41, 5.74) is 0. The van der Waals surface area contributed by atoms with Gasteiger partial charge in [0.25, 0.3) is 0 Å². The maximum absolute atomic E-state index is 12.3. The Morgan fingerprint density at radius 2 is 2.00 bits per heavy atom. The molecule has 0 fully saturated rings. The summed E-state index contributed by atoms with van der Waals surface area (Å²) in [5.74, 6) is -0.174. The van der Waals surface area contributed by atoms with Gasteiger partial charge >= 0.3 is 5.97 Å². The van der Waals surface area contributed by atoms with E-state index >= 15 is 0 Å². The Kier molecular flexibility index (Phi) is 7.24. The molecule has 2 rings (SSSR count). The molecule has 7 nitrogen and oxygen atoms in total. The van der Waals surface area contributed by atoms with Gasteiger partial charge in [-0.25, -0.2) is 4.79 Å². The van der Waals surface area contributed by atoms with Gasteiger partial charge in [-0.15, -0.1) is 0 Å². The molecule has 2 N–H and O–H groups in total. The minimum absolute atomic E-state index is 0.00302. The molecule has 1 aliphatic rings. The van der Waals surface area contributed by atoms with Crippen LogP contribution in [-0.2, 0) is 20.4 Å². The first kappa shape index (κ1) is 19.2. The van der Waals surface area contributed by atoms with Gasteiger partial charge in [0.2, 0.25) is 5.91 Å². The second-order valence-electron chi connectivity index (χ2n) is 5.71. The monoisotopic (exact) mass is 369 g/mol. The molecule has 0 saturated carbocycles. The molecular formula is C17H23NO6S. The maximum atomic E-state index is 12.3. The Morgan fingerprint density at radius 3 is 2.68 bits per heavy atom. The van der Waals surface area contributed by atoms with Gasteiger partial charge in [-0.2, -0.15) is 0 Å². The number of aliphatic carboxylic acids is 1. The van der Waals surface area contributed by atoms with Gasteiger partial charge in [-0.3, -0.25) is 9.00 Å². The third-order valence-corrected chi connectivity index (χ3v) is 5.13. The van der Waals surface area contributed by atoms with Gasteiger partial charge in [0.1, 0.15) is 19.3 Å². The summed E-state index contributed by atoms with van der Waals surface area (Å²) >= 11 is 0. The number of carbonyl (C=O) groups is 2. The number of hydrogen-bond donors (Lipinski definition) is 2. The van der Waals surface area contributed by atoms with E-state index in [-0.39, 0.29) is 12.2 Å². The van der Waals surface area contributed by atoms with Crippen LogP contribution in [0.15, 0.2) is 23.1 Å². The third-order valence-electron chi connectivity index (χ3n) is 3.77. The van der Waals surface area contributed by atoms with Gasteiger partial charge in [0.05, 0.1) is 10.8 Å². The largest absolute Gasteiger partial charge is 0.486 e. The summed E-state index contributed by atoms with van der Waals surface area (Å²) in [6.07, 6.45) is 1.97. The fourth-order valence-electron chi connectivity index (χ4n) is 2.40. The van der Waals surface area contributed by atoms with Gasteiger partial charge in [0, 0.05) is 23.1 Å². The average Bonchev–Trinajstić information content (AvgIpc) is 2.62. The zero-order chi connectivity index (χ0) is 18.2. The Balaban J connectivity index is 1.86. The predicted octanol–water partition coefficient (Wildman–Crippen LogP) is 1.72. The van der Waals surface area contributed by atoms with Crippen LogP contribution in [0.4, 0.5) is 0 Å². The number of rotatable bonds is 9. The molecule has 1 aliphatic heterocycles. The summed E-state index contributed by atoms with van der Waals surface area (Å²) in [6, 6.07) is 4.15. The minimum Gasteiger partial charge on any atom is -0.486 e. The number of hydrogen-bond acceptors (Lipinski definition) is 5. The fourth-order valence-corrected chi connectivity index (χ4v) is 3.47.